The summed E-state index contributed by atoms with van der Waals surface area (Å²) < 4.78 is 2.08. The van der Waals surface area contributed by atoms with Gasteiger partial charge in [0, 0.05) is 43.9 Å². The molecule has 5 heteroatoms. The van der Waals surface area contributed by atoms with Crippen LogP contribution in [0.25, 0.3) is 5.57 Å². The van der Waals surface area contributed by atoms with E-state index in [4.69, 9.17) is 0 Å². The molecule has 192 valence electrons. The summed E-state index contributed by atoms with van der Waals surface area (Å²) in [5, 5.41) is 10.2. The number of rotatable bonds is 9. The molecule has 0 aromatic heterocycles. The number of allylic oxidation sites excluding steroid dienone is 5. The summed E-state index contributed by atoms with van der Waals surface area (Å²) in [6, 6.07) is 11.6. The Labute approximate surface area is 220 Å². The number of unbranched alkanes of at least 4 members (excludes halogenated alkanes) is 3. The first-order chi connectivity index (χ1) is 17.7. The van der Waals surface area contributed by atoms with Gasteiger partial charge < -0.3 is 10.0 Å². The maximum atomic E-state index is 12.9. The molecular weight excluding hydrogens is 460 g/mol. The number of fused-ring (bicyclic) bond motifs is 2. The van der Waals surface area contributed by atoms with Crippen molar-refractivity contribution in [3.05, 3.63) is 93.6 Å². The number of carboxylic acid groups (broad SMARTS) is 1. The largest absolute Gasteiger partial charge is 0.478 e. The van der Waals surface area contributed by atoms with Crippen molar-refractivity contribution in [2.45, 2.75) is 45.4 Å². The van der Waals surface area contributed by atoms with Crippen LogP contribution in [-0.4, -0.2) is 55.3 Å². The molecule has 0 unspecified atom stereocenters. The van der Waals surface area contributed by atoms with Crippen LogP contribution in [0.1, 0.15) is 76.4 Å². The van der Waals surface area contributed by atoms with Crippen LogP contribution in [0.15, 0.2) is 65.8 Å². The van der Waals surface area contributed by atoms with Crippen LogP contribution in [0.5, 0.6) is 0 Å². The first-order valence-electron chi connectivity index (χ1n) is 13.1. The Bertz CT molecular complexity index is 1370. The Morgan fingerprint density at radius 3 is 2.41 bits per heavy atom. The minimum atomic E-state index is -1.02. The van der Waals surface area contributed by atoms with E-state index in [2.05, 4.69) is 52.8 Å². The maximum Gasteiger partial charge on any atom is 0.336 e. The van der Waals surface area contributed by atoms with Crippen LogP contribution < -0.4 is 4.90 Å². The molecule has 0 heterocycles. The smallest absolute Gasteiger partial charge is 0.336 e. The van der Waals surface area contributed by atoms with Gasteiger partial charge in [0.2, 0.25) is 0 Å². The number of nitrogens with zero attached hydrogens (tertiary/aromatic N) is 2. The van der Waals surface area contributed by atoms with Gasteiger partial charge in [-0.3, -0.25) is 4.79 Å². The molecule has 0 fully saturated rings. The predicted molar refractivity (Wildman–Crippen MR) is 151 cm³/mol. The molecule has 0 spiro atoms. The van der Waals surface area contributed by atoms with Crippen molar-refractivity contribution in [3.63, 3.8) is 0 Å². The van der Waals surface area contributed by atoms with E-state index in [-0.39, 0.29) is 11.3 Å². The number of benzene rings is 2. The average molecular weight is 498 g/mol. The Kier molecular flexibility index (Phi) is 7.91. The second-order valence-electron chi connectivity index (χ2n) is 10.3. The lowest BCUT2D eigenvalue weighted by Crippen LogP contribution is -2.18. The zero-order valence-electron chi connectivity index (χ0n) is 22.6. The van der Waals surface area contributed by atoms with E-state index in [9.17, 15) is 14.7 Å². The van der Waals surface area contributed by atoms with Gasteiger partial charge in [-0.15, -0.1) is 0 Å². The summed E-state index contributed by atoms with van der Waals surface area (Å²) in [4.78, 5) is 27.5. The number of Topliss-reactive ketones (excluding diaryl/α,β-unsaturated/α-hetero) is 1. The Balaban J connectivity index is 1.86. The molecule has 37 heavy (non-hydrogen) atoms. The fourth-order valence-corrected chi connectivity index (χ4v) is 5.11. The summed E-state index contributed by atoms with van der Waals surface area (Å²) in [7, 11) is 8.09. The lowest BCUT2D eigenvalue weighted by Gasteiger charge is -2.28. The molecule has 0 atom stereocenters. The number of anilines is 1. The Morgan fingerprint density at radius 2 is 1.73 bits per heavy atom. The van der Waals surface area contributed by atoms with Crippen molar-refractivity contribution in [1.82, 2.24) is 0 Å². The minimum absolute atomic E-state index is 0.00541. The molecular formula is C32H37N2O3+. The van der Waals surface area contributed by atoms with Gasteiger partial charge in [-0.1, -0.05) is 44.4 Å². The van der Waals surface area contributed by atoms with Crippen LogP contribution >= 0.6 is 0 Å². The van der Waals surface area contributed by atoms with Crippen molar-refractivity contribution >= 4 is 28.7 Å². The van der Waals surface area contributed by atoms with Crippen LogP contribution in [0, 0.1) is 0 Å². The summed E-state index contributed by atoms with van der Waals surface area (Å²) in [5.41, 5.74) is 8.81. The molecule has 0 radical (unpaired) electrons. The molecule has 1 N–H and O–H groups in total. The second kappa shape index (κ2) is 11.1. The van der Waals surface area contributed by atoms with Crippen molar-refractivity contribution < 1.29 is 19.3 Å². The highest BCUT2D eigenvalue weighted by Crippen LogP contribution is 2.42. The van der Waals surface area contributed by atoms with Gasteiger partial charge in [0.25, 0.3) is 0 Å². The number of carbonyl (C=O) groups is 2. The molecule has 5 nitrogen and oxygen atoms in total. The van der Waals surface area contributed by atoms with Crippen LogP contribution in [0.4, 0.5) is 5.69 Å². The zero-order chi connectivity index (χ0) is 26.7. The zero-order valence-corrected chi connectivity index (χ0v) is 22.6. The van der Waals surface area contributed by atoms with E-state index in [1.165, 1.54) is 0 Å². The standard InChI is InChI=1S/C32H36N2O3/c1-6-7-8-9-10-30(35)21-11-14-28(29(20-21)32(36)37)31-26-15-12-24(33(2)3)18-22(26)17-23-19-25(34(4)5)13-16-27(23)31/h11-16,18-20H,6-10,17H2,1-5H3/p+1. The molecule has 2 aliphatic rings. The molecule has 4 rings (SSSR count). The van der Waals surface area contributed by atoms with Gasteiger partial charge in [-0.05, 0) is 70.5 Å². The highest BCUT2D eigenvalue weighted by molar-refractivity contribution is 6.08. The summed E-state index contributed by atoms with van der Waals surface area (Å²) in [5.74, 6) is -1.02. The van der Waals surface area contributed by atoms with E-state index in [1.807, 2.05) is 34.3 Å². The number of carbonyl (C=O) groups excluding carboxylic acids is 1. The maximum absolute atomic E-state index is 12.9. The summed E-state index contributed by atoms with van der Waals surface area (Å²) >= 11 is 0. The van der Waals surface area contributed by atoms with Crippen molar-refractivity contribution in [1.29, 1.82) is 0 Å². The van der Waals surface area contributed by atoms with E-state index in [0.717, 1.165) is 71.3 Å². The third-order valence-corrected chi connectivity index (χ3v) is 7.23. The first-order valence-corrected chi connectivity index (χ1v) is 13.1. The topological polar surface area (TPSA) is 60.6 Å². The summed E-state index contributed by atoms with van der Waals surface area (Å²) in [6.07, 6.45) is 11.6. The number of aromatic carboxylic acids is 1. The fourth-order valence-electron chi connectivity index (χ4n) is 5.11. The molecule has 0 saturated heterocycles. The Hall–Kier alpha value is -3.73. The molecule has 0 bridgehead atoms. The highest BCUT2D eigenvalue weighted by Gasteiger charge is 2.29. The molecule has 0 amide bonds. The van der Waals surface area contributed by atoms with Gasteiger partial charge in [-0.2, -0.15) is 0 Å². The van der Waals surface area contributed by atoms with Gasteiger partial charge in [0.1, 0.15) is 14.1 Å². The second-order valence-corrected chi connectivity index (χ2v) is 10.3. The molecule has 2 aliphatic carbocycles. The number of ketones is 1. The molecule has 2 aromatic carbocycles. The first kappa shape index (κ1) is 26.3. The van der Waals surface area contributed by atoms with E-state index < -0.39 is 5.97 Å². The normalized spacial score (nSPS) is 14.2. The third kappa shape index (κ3) is 5.51. The van der Waals surface area contributed by atoms with Crippen LogP contribution in [0.3, 0.4) is 0 Å². The lowest BCUT2D eigenvalue weighted by molar-refractivity contribution is -0.462. The van der Waals surface area contributed by atoms with Gasteiger partial charge in [0.15, 0.2) is 11.5 Å². The van der Waals surface area contributed by atoms with Crippen molar-refractivity contribution in [2.24, 2.45) is 0 Å². The number of carboxylic acids is 1. The van der Waals surface area contributed by atoms with E-state index in [1.54, 1.807) is 12.1 Å². The molecule has 0 aliphatic heterocycles. The van der Waals surface area contributed by atoms with Gasteiger partial charge >= 0.3 is 5.97 Å². The van der Waals surface area contributed by atoms with Gasteiger partial charge in [-0.25, -0.2) is 9.37 Å². The van der Waals surface area contributed by atoms with Crippen molar-refractivity contribution in [2.75, 3.05) is 33.1 Å². The SMILES string of the molecule is CCCCCCC(=O)c1ccc(C2=C3C=CC(=[N+](C)C)C=C3Cc3cc(N(C)C)ccc32)c(C(=O)O)c1. The van der Waals surface area contributed by atoms with Crippen molar-refractivity contribution in [3.8, 4) is 0 Å². The average Bonchev–Trinajstić information content (AvgIpc) is 2.88. The van der Waals surface area contributed by atoms with Crippen LogP contribution in [-0.2, 0) is 6.42 Å². The minimum Gasteiger partial charge on any atom is -0.478 e. The molecule has 2 aromatic rings. The number of hydrogen-bond donors (Lipinski definition) is 1. The molecule has 0 saturated carbocycles. The Morgan fingerprint density at radius 1 is 0.973 bits per heavy atom. The van der Waals surface area contributed by atoms with E-state index >= 15 is 0 Å². The summed E-state index contributed by atoms with van der Waals surface area (Å²) in [6.45, 7) is 2.14. The van der Waals surface area contributed by atoms with Gasteiger partial charge in [0.05, 0.1) is 5.56 Å². The highest BCUT2D eigenvalue weighted by atomic mass is 16.4. The monoisotopic (exact) mass is 497 g/mol. The lowest BCUT2D eigenvalue weighted by atomic mass is 9.76. The van der Waals surface area contributed by atoms with Crippen LogP contribution in [0.2, 0.25) is 0 Å². The number of hydrogen-bond acceptors (Lipinski definition) is 3. The predicted octanol–water partition coefficient (Wildman–Crippen LogP) is 6.17. The fraction of sp³-hybridized carbons (Fsp3) is 0.344. The van der Waals surface area contributed by atoms with E-state index in [0.29, 0.717) is 17.5 Å². The quantitative estimate of drug-likeness (QED) is 0.256. The third-order valence-electron chi connectivity index (χ3n) is 7.23.